The number of carbonyl (C=O) groups excluding carboxylic acids is 1. The van der Waals surface area contributed by atoms with Crippen molar-refractivity contribution in [1.82, 2.24) is 4.90 Å². The lowest BCUT2D eigenvalue weighted by molar-refractivity contribution is -0.133. The van der Waals surface area contributed by atoms with Crippen LogP contribution in [0.15, 0.2) is 24.3 Å². The molecule has 19 heavy (non-hydrogen) atoms. The van der Waals surface area contributed by atoms with E-state index in [4.69, 9.17) is 11.6 Å². The van der Waals surface area contributed by atoms with Crippen molar-refractivity contribution in [2.45, 2.75) is 13.0 Å². The predicted molar refractivity (Wildman–Crippen MR) is 74.7 cm³/mol. The van der Waals surface area contributed by atoms with Crippen molar-refractivity contribution in [3.05, 3.63) is 34.9 Å². The maximum Gasteiger partial charge on any atom is 0.226 e. The lowest BCUT2D eigenvalue weighted by atomic mass is 10.1. The van der Waals surface area contributed by atoms with Crippen LogP contribution in [0.4, 0.5) is 0 Å². The average Bonchev–Trinajstić information content (AvgIpc) is 2.71. The van der Waals surface area contributed by atoms with Crippen LogP contribution < -0.4 is 0 Å². The Morgan fingerprint density at radius 1 is 1.42 bits per heavy atom. The summed E-state index contributed by atoms with van der Waals surface area (Å²) in [7, 11) is -1.35. The molecule has 0 radical (unpaired) electrons. The van der Waals surface area contributed by atoms with E-state index >= 15 is 0 Å². The van der Waals surface area contributed by atoms with Gasteiger partial charge in [0.15, 0.2) is 9.84 Å². The smallest absolute Gasteiger partial charge is 0.226 e. The number of rotatable bonds is 3. The molecule has 1 aliphatic heterocycles. The van der Waals surface area contributed by atoms with E-state index in [-0.39, 0.29) is 17.4 Å². The zero-order chi connectivity index (χ0) is 14.0. The molecule has 4 nitrogen and oxygen atoms in total. The summed E-state index contributed by atoms with van der Waals surface area (Å²) < 4.78 is 22.8. The Kier molecular flexibility index (Phi) is 4.16. The van der Waals surface area contributed by atoms with E-state index in [9.17, 15) is 13.2 Å². The first-order valence-corrected chi connectivity index (χ1v) is 8.28. The van der Waals surface area contributed by atoms with Gasteiger partial charge in [0.2, 0.25) is 5.91 Å². The third kappa shape index (κ3) is 3.48. The summed E-state index contributed by atoms with van der Waals surface area (Å²) in [5.74, 6) is -0.444. The fourth-order valence-electron chi connectivity index (χ4n) is 2.26. The van der Waals surface area contributed by atoms with Crippen LogP contribution in [0.5, 0.6) is 0 Å². The van der Waals surface area contributed by atoms with Gasteiger partial charge in [-0.15, -0.1) is 0 Å². The normalized spacial score (nSPS) is 21.3. The first-order valence-electron chi connectivity index (χ1n) is 6.08. The minimum atomic E-state index is -3.03. The highest BCUT2D eigenvalue weighted by Crippen LogP contribution is 2.22. The quantitative estimate of drug-likeness (QED) is 0.854. The third-order valence-electron chi connectivity index (χ3n) is 3.32. The minimum Gasteiger partial charge on any atom is -0.341 e. The molecule has 0 N–H and O–H groups in total. The summed E-state index contributed by atoms with van der Waals surface area (Å²) in [4.78, 5) is 13.7. The molecule has 0 spiro atoms. The molecule has 0 saturated carbocycles. The molecule has 1 aromatic rings. The van der Waals surface area contributed by atoms with Gasteiger partial charge in [0.25, 0.3) is 0 Å². The van der Waals surface area contributed by atoms with Gasteiger partial charge in [-0.3, -0.25) is 4.79 Å². The number of nitrogens with zero attached hydrogens (tertiary/aromatic N) is 1. The fourth-order valence-corrected chi connectivity index (χ4v) is 4.19. The second-order valence-electron chi connectivity index (χ2n) is 4.89. The van der Waals surface area contributed by atoms with Gasteiger partial charge in [-0.05, 0) is 18.1 Å². The van der Waals surface area contributed by atoms with Gasteiger partial charge in [-0.25, -0.2) is 8.42 Å². The van der Waals surface area contributed by atoms with Crippen molar-refractivity contribution in [1.29, 1.82) is 0 Å². The highest BCUT2D eigenvalue weighted by molar-refractivity contribution is 7.91. The van der Waals surface area contributed by atoms with Gasteiger partial charge in [-0.2, -0.15) is 0 Å². The van der Waals surface area contributed by atoms with Crippen molar-refractivity contribution in [3.63, 3.8) is 0 Å². The molecule has 1 atom stereocenters. The first kappa shape index (κ1) is 14.3. The lowest BCUT2D eigenvalue weighted by Crippen LogP contribution is -2.33. The summed E-state index contributed by atoms with van der Waals surface area (Å²) in [6.45, 7) is 0.398. The van der Waals surface area contributed by atoms with Crippen molar-refractivity contribution in [2.75, 3.05) is 18.6 Å². The minimum absolute atomic E-state index is 0.0291. The molecule has 104 valence electrons. The molecule has 1 aromatic carbocycles. The number of hydrogen-bond donors (Lipinski definition) is 0. The van der Waals surface area contributed by atoms with Gasteiger partial charge in [-0.1, -0.05) is 29.8 Å². The molecule has 0 aromatic heterocycles. The maximum atomic E-state index is 12.2. The standard InChI is InChI=1S/C13H16ClNO3S/c1-15(8-10-4-2-3-5-12(10)14)13(16)11-6-7-19(17,18)9-11/h2-5,11H,6-9H2,1H3. The molecule has 6 heteroatoms. The van der Waals surface area contributed by atoms with Gasteiger partial charge in [0.1, 0.15) is 0 Å². The van der Waals surface area contributed by atoms with Crippen LogP contribution in [-0.4, -0.2) is 37.8 Å². The van der Waals surface area contributed by atoms with E-state index in [2.05, 4.69) is 0 Å². The summed E-state index contributed by atoms with van der Waals surface area (Å²) >= 11 is 6.04. The van der Waals surface area contributed by atoms with E-state index in [1.807, 2.05) is 18.2 Å². The van der Waals surface area contributed by atoms with E-state index in [1.54, 1.807) is 18.0 Å². The van der Waals surface area contributed by atoms with Gasteiger partial charge in [0, 0.05) is 18.6 Å². The number of hydrogen-bond acceptors (Lipinski definition) is 3. The molecule has 0 bridgehead atoms. The van der Waals surface area contributed by atoms with Crippen molar-refractivity contribution >= 4 is 27.3 Å². The predicted octanol–water partition coefficient (Wildman–Crippen LogP) is 1.73. The van der Waals surface area contributed by atoms with E-state index < -0.39 is 15.8 Å². The van der Waals surface area contributed by atoms with Crippen LogP contribution in [-0.2, 0) is 21.2 Å². The van der Waals surface area contributed by atoms with Crippen LogP contribution in [0.25, 0.3) is 0 Å². The topological polar surface area (TPSA) is 54.5 Å². The Morgan fingerprint density at radius 2 is 2.11 bits per heavy atom. The number of benzene rings is 1. The molecule has 1 unspecified atom stereocenters. The van der Waals surface area contributed by atoms with Crippen molar-refractivity contribution in [2.24, 2.45) is 5.92 Å². The summed E-state index contributed by atoms with van der Waals surface area (Å²) in [5.41, 5.74) is 0.862. The average molecular weight is 302 g/mol. The fraction of sp³-hybridized carbons (Fsp3) is 0.462. The van der Waals surface area contributed by atoms with Crippen LogP contribution in [0.1, 0.15) is 12.0 Å². The Hall–Kier alpha value is -1.07. The number of carbonyl (C=O) groups is 1. The van der Waals surface area contributed by atoms with Gasteiger partial charge in [0.05, 0.1) is 17.4 Å². The molecule has 1 aliphatic rings. The Morgan fingerprint density at radius 3 is 2.68 bits per heavy atom. The van der Waals surface area contributed by atoms with E-state index in [1.165, 1.54) is 0 Å². The monoisotopic (exact) mass is 301 g/mol. The van der Waals surface area contributed by atoms with E-state index in [0.29, 0.717) is 18.0 Å². The molecule has 1 fully saturated rings. The van der Waals surface area contributed by atoms with Crippen LogP contribution >= 0.6 is 11.6 Å². The molecular formula is C13H16ClNO3S. The van der Waals surface area contributed by atoms with Crippen molar-refractivity contribution in [3.8, 4) is 0 Å². The molecular weight excluding hydrogens is 286 g/mol. The summed E-state index contributed by atoms with van der Waals surface area (Å²) in [5, 5.41) is 0.612. The zero-order valence-electron chi connectivity index (χ0n) is 10.7. The highest BCUT2D eigenvalue weighted by Gasteiger charge is 2.34. The third-order valence-corrected chi connectivity index (χ3v) is 5.46. The number of sulfone groups is 1. The largest absolute Gasteiger partial charge is 0.341 e. The van der Waals surface area contributed by atoms with E-state index in [0.717, 1.165) is 5.56 Å². The van der Waals surface area contributed by atoms with Crippen molar-refractivity contribution < 1.29 is 13.2 Å². The number of amides is 1. The molecule has 1 saturated heterocycles. The summed E-state index contributed by atoms with van der Waals surface area (Å²) in [6, 6.07) is 7.32. The Bertz CT molecular complexity index is 585. The zero-order valence-corrected chi connectivity index (χ0v) is 12.2. The molecule has 0 aliphatic carbocycles. The second kappa shape index (κ2) is 5.51. The molecule has 1 heterocycles. The summed E-state index contributed by atoms with van der Waals surface area (Å²) in [6.07, 6.45) is 0.425. The maximum absolute atomic E-state index is 12.2. The molecule has 1 amide bonds. The Labute approximate surface area is 118 Å². The van der Waals surface area contributed by atoms with Crippen LogP contribution in [0.3, 0.4) is 0 Å². The van der Waals surface area contributed by atoms with Crippen LogP contribution in [0.2, 0.25) is 5.02 Å². The van der Waals surface area contributed by atoms with Crippen LogP contribution in [0, 0.1) is 5.92 Å². The second-order valence-corrected chi connectivity index (χ2v) is 7.52. The molecule has 2 rings (SSSR count). The number of halogens is 1. The van der Waals surface area contributed by atoms with Gasteiger partial charge >= 0.3 is 0 Å². The Balaban J connectivity index is 2.03. The highest BCUT2D eigenvalue weighted by atomic mass is 35.5. The first-order chi connectivity index (χ1) is 8.89. The van der Waals surface area contributed by atoms with Gasteiger partial charge < -0.3 is 4.90 Å². The lowest BCUT2D eigenvalue weighted by Gasteiger charge is -2.21. The SMILES string of the molecule is CN(Cc1ccccc1Cl)C(=O)C1CCS(=O)(=O)C1.